The van der Waals surface area contributed by atoms with Crippen LogP contribution in [-0.2, 0) is 18.4 Å². The van der Waals surface area contributed by atoms with Crippen LogP contribution < -0.4 is 15.2 Å². The zero-order chi connectivity index (χ0) is 31.5. The molecule has 4 heterocycles. The monoisotopic (exact) mass is 628 g/mol. The molecule has 1 saturated heterocycles. The Morgan fingerprint density at radius 2 is 1.91 bits per heavy atom. The number of nitrogens with zero attached hydrogens (tertiary/aromatic N) is 5. The molecule has 0 unspecified atom stereocenters. The third-order valence-corrected chi connectivity index (χ3v) is 8.70. The molecule has 234 valence electrons. The number of imidazole rings is 1. The largest absolute Gasteiger partial charge is 0.490 e. The summed E-state index contributed by atoms with van der Waals surface area (Å²) in [6.07, 6.45) is 6.71. The number of amides is 2. The zero-order valence-electron chi connectivity index (χ0n) is 25.5. The number of benzene rings is 2. The number of piperidine rings is 1. The number of hydrogen-bond donors (Lipinski definition) is 1. The summed E-state index contributed by atoms with van der Waals surface area (Å²) in [6.45, 7) is 5.88. The van der Waals surface area contributed by atoms with E-state index >= 15 is 0 Å². The lowest BCUT2D eigenvalue weighted by Crippen LogP contribution is -2.42. The van der Waals surface area contributed by atoms with Gasteiger partial charge in [0.25, 0.3) is 5.91 Å². The number of aryl methyl sites for hydroxylation is 1. The number of thiophene rings is 1. The molecule has 0 aliphatic carbocycles. The maximum atomic E-state index is 12.4. The molecule has 0 bridgehead atoms. The Hall–Kier alpha value is -4.84. The smallest absolute Gasteiger partial charge is 0.409 e. The van der Waals surface area contributed by atoms with Gasteiger partial charge in [-0.25, -0.2) is 9.78 Å². The van der Waals surface area contributed by atoms with Crippen LogP contribution >= 0.6 is 11.3 Å². The quantitative estimate of drug-likeness (QED) is 0.207. The van der Waals surface area contributed by atoms with Crippen molar-refractivity contribution in [2.45, 2.75) is 39.4 Å². The predicted molar refractivity (Wildman–Crippen MR) is 172 cm³/mol. The van der Waals surface area contributed by atoms with E-state index in [2.05, 4.69) is 10.1 Å². The van der Waals surface area contributed by atoms with Gasteiger partial charge in [-0.15, -0.1) is 11.3 Å². The molecule has 6 rings (SSSR count). The van der Waals surface area contributed by atoms with Crippen LogP contribution in [0.3, 0.4) is 0 Å². The van der Waals surface area contributed by atoms with Crippen LogP contribution in [0.1, 0.15) is 41.9 Å². The average Bonchev–Trinajstić information content (AvgIpc) is 3.77. The van der Waals surface area contributed by atoms with Gasteiger partial charge in [0.1, 0.15) is 40.4 Å². The van der Waals surface area contributed by atoms with Gasteiger partial charge in [-0.3, -0.25) is 14.0 Å². The fourth-order valence-electron chi connectivity index (χ4n) is 5.25. The standard InChI is InChI=1S/C33H36N6O5S/c1-21(2)18-43-33(41)38-11-9-25(10-12-38)44-26-6-4-5-22(13-26)19-42-29-15-30(45-31(29)32(34)40)39-20-35-27-14-23(7-8-28(27)39)24-16-36-37(3)17-24/h4-8,13-17,20-21,25H,9-12,18-19H2,1-3H3,(H2,34,40). The lowest BCUT2D eigenvalue weighted by atomic mass is 10.1. The summed E-state index contributed by atoms with van der Waals surface area (Å²) < 4.78 is 21.4. The molecule has 45 heavy (non-hydrogen) atoms. The van der Waals surface area contributed by atoms with Gasteiger partial charge in [-0.2, -0.15) is 5.10 Å². The Balaban J connectivity index is 1.10. The van der Waals surface area contributed by atoms with Crippen molar-refractivity contribution in [2.24, 2.45) is 18.7 Å². The molecule has 1 aliphatic rings. The van der Waals surface area contributed by atoms with Crippen LogP contribution in [0, 0.1) is 5.92 Å². The molecule has 1 aliphatic heterocycles. The van der Waals surface area contributed by atoms with Gasteiger partial charge in [0.2, 0.25) is 0 Å². The van der Waals surface area contributed by atoms with Gasteiger partial charge in [0, 0.05) is 50.8 Å². The van der Waals surface area contributed by atoms with E-state index in [1.165, 1.54) is 11.3 Å². The molecule has 2 aromatic carbocycles. The molecule has 12 heteroatoms. The molecule has 0 saturated carbocycles. The normalized spacial score (nSPS) is 13.8. The van der Waals surface area contributed by atoms with Gasteiger partial charge in [0.05, 0.1) is 23.8 Å². The van der Waals surface area contributed by atoms with Gasteiger partial charge in [-0.1, -0.05) is 32.0 Å². The van der Waals surface area contributed by atoms with Crippen molar-refractivity contribution in [3.8, 4) is 27.6 Å². The summed E-state index contributed by atoms with van der Waals surface area (Å²) in [7, 11) is 1.88. The van der Waals surface area contributed by atoms with Gasteiger partial charge >= 0.3 is 6.09 Å². The van der Waals surface area contributed by atoms with Crippen LogP contribution in [0.2, 0.25) is 0 Å². The highest BCUT2D eigenvalue weighted by Gasteiger charge is 2.25. The van der Waals surface area contributed by atoms with Crippen LogP contribution in [0.25, 0.3) is 27.2 Å². The lowest BCUT2D eigenvalue weighted by molar-refractivity contribution is 0.0618. The fraction of sp³-hybridized carbons (Fsp3) is 0.333. The van der Waals surface area contributed by atoms with E-state index in [0.717, 1.165) is 51.3 Å². The lowest BCUT2D eigenvalue weighted by Gasteiger charge is -2.31. The number of fused-ring (bicyclic) bond motifs is 1. The SMILES string of the molecule is CC(C)COC(=O)N1CCC(Oc2cccc(COc3cc(-n4cnc5cc(-c6cnn(C)c6)ccc54)sc3C(N)=O)c2)CC1. The molecular weight excluding hydrogens is 592 g/mol. The highest BCUT2D eigenvalue weighted by Crippen LogP contribution is 2.35. The van der Waals surface area contributed by atoms with Crippen molar-refractivity contribution >= 4 is 34.4 Å². The van der Waals surface area contributed by atoms with Crippen molar-refractivity contribution in [1.82, 2.24) is 24.2 Å². The Bertz CT molecular complexity index is 1820. The molecule has 2 N–H and O–H groups in total. The summed E-state index contributed by atoms with van der Waals surface area (Å²) >= 11 is 1.26. The van der Waals surface area contributed by atoms with Crippen molar-refractivity contribution < 1.29 is 23.8 Å². The third-order valence-electron chi connectivity index (χ3n) is 7.57. The number of carbonyl (C=O) groups is 2. The average molecular weight is 629 g/mol. The molecule has 0 radical (unpaired) electrons. The maximum Gasteiger partial charge on any atom is 0.409 e. The summed E-state index contributed by atoms with van der Waals surface area (Å²) in [5, 5.41) is 5.02. The van der Waals surface area contributed by atoms with Gasteiger partial charge < -0.3 is 24.8 Å². The van der Waals surface area contributed by atoms with Crippen molar-refractivity contribution in [3.63, 3.8) is 0 Å². The highest BCUT2D eigenvalue weighted by molar-refractivity contribution is 7.16. The number of primary amides is 1. The second-order valence-corrected chi connectivity index (χ2v) is 12.6. The van der Waals surface area contributed by atoms with Crippen molar-refractivity contribution in [2.75, 3.05) is 19.7 Å². The van der Waals surface area contributed by atoms with E-state index in [-0.39, 0.29) is 18.8 Å². The molecule has 3 aromatic heterocycles. The Kier molecular flexibility index (Phi) is 8.74. The minimum absolute atomic E-state index is 0.00153. The number of ether oxygens (including phenoxy) is 3. The minimum atomic E-state index is -0.555. The number of nitrogens with two attached hydrogens (primary N) is 1. The first-order valence-electron chi connectivity index (χ1n) is 14.9. The summed E-state index contributed by atoms with van der Waals surface area (Å²) in [6, 6.07) is 15.6. The second kappa shape index (κ2) is 13.0. The maximum absolute atomic E-state index is 12.4. The predicted octanol–water partition coefficient (Wildman–Crippen LogP) is 5.80. The Morgan fingerprint density at radius 3 is 2.64 bits per heavy atom. The first-order valence-corrected chi connectivity index (χ1v) is 15.8. The molecule has 0 atom stereocenters. The zero-order valence-corrected chi connectivity index (χ0v) is 26.3. The number of hydrogen-bond acceptors (Lipinski definition) is 8. The topological polar surface area (TPSA) is 127 Å². The molecule has 0 spiro atoms. The molecule has 5 aromatic rings. The van der Waals surface area contributed by atoms with Gasteiger partial charge in [-0.05, 0) is 41.3 Å². The number of rotatable bonds is 10. The number of aromatic nitrogens is 4. The summed E-state index contributed by atoms with van der Waals surface area (Å²) in [4.78, 5) is 31.3. The highest BCUT2D eigenvalue weighted by atomic mass is 32.1. The summed E-state index contributed by atoms with van der Waals surface area (Å²) in [5.41, 5.74) is 10.4. The van der Waals surface area contributed by atoms with E-state index in [4.69, 9.17) is 19.9 Å². The molecule has 11 nitrogen and oxygen atoms in total. The minimum Gasteiger partial charge on any atom is -0.490 e. The van der Waals surface area contributed by atoms with Gasteiger partial charge in [0.15, 0.2) is 0 Å². The second-order valence-electron chi connectivity index (χ2n) is 11.6. The first-order chi connectivity index (χ1) is 21.7. The third kappa shape index (κ3) is 6.96. The van der Waals surface area contributed by atoms with Crippen LogP contribution in [-0.4, -0.2) is 62.0 Å². The molecular formula is C33H36N6O5S. The van der Waals surface area contributed by atoms with E-state index in [1.807, 2.05) is 86.4 Å². The van der Waals surface area contributed by atoms with E-state index < -0.39 is 5.91 Å². The van der Waals surface area contributed by atoms with E-state index in [9.17, 15) is 9.59 Å². The van der Waals surface area contributed by atoms with Crippen LogP contribution in [0.4, 0.5) is 4.79 Å². The first kappa shape index (κ1) is 30.2. The van der Waals surface area contributed by atoms with E-state index in [0.29, 0.717) is 36.2 Å². The molecule has 1 fully saturated rings. The summed E-state index contributed by atoms with van der Waals surface area (Å²) in [5.74, 6) is 0.897. The molecule has 2 amide bonds. The van der Waals surface area contributed by atoms with Crippen LogP contribution in [0.5, 0.6) is 11.5 Å². The fourth-order valence-corrected chi connectivity index (χ4v) is 6.18. The van der Waals surface area contributed by atoms with Crippen molar-refractivity contribution in [3.05, 3.63) is 77.7 Å². The van der Waals surface area contributed by atoms with Crippen molar-refractivity contribution in [1.29, 1.82) is 0 Å². The number of carbonyl (C=O) groups excluding carboxylic acids is 2. The number of likely N-dealkylation sites (tertiary alicyclic amines) is 1. The van der Waals surface area contributed by atoms with E-state index in [1.54, 1.807) is 15.9 Å². The van der Waals surface area contributed by atoms with Crippen LogP contribution in [0.15, 0.2) is 67.3 Å². The Labute approximate surface area is 265 Å². The Morgan fingerprint density at radius 1 is 1.09 bits per heavy atom.